The van der Waals surface area contributed by atoms with E-state index in [1.165, 1.54) is 12.1 Å². The van der Waals surface area contributed by atoms with Gasteiger partial charge in [0.1, 0.15) is 5.52 Å². The number of unbranched alkanes of at least 4 members (excludes halogenated alkanes) is 1. The van der Waals surface area contributed by atoms with Crippen molar-refractivity contribution in [3.05, 3.63) is 29.7 Å². The fourth-order valence-corrected chi connectivity index (χ4v) is 1.60. The number of carboxylic acid groups (broad SMARTS) is 1. The summed E-state index contributed by atoms with van der Waals surface area (Å²) in [5.41, 5.74) is 1.35. The molecule has 2 rings (SSSR count). The molecule has 0 bridgehead atoms. The van der Waals surface area contributed by atoms with Crippen LogP contribution in [0.4, 0.5) is 0 Å². The molecule has 0 saturated carbocycles. The Kier molecular flexibility index (Phi) is 3.39. The van der Waals surface area contributed by atoms with Crippen LogP contribution in [0, 0.1) is 0 Å². The summed E-state index contributed by atoms with van der Waals surface area (Å²) in [5.74, 6) is -0.396. The lowest BCUT2D eigenvalue weighted by Crippen LogP contribution is -1.94. The van der Waals surface area contributed by atoms with E-state index in [1.54, 1.807) is 6.07 Å². The molecule has 17 heavy (non-hydrogen) atoms. The molecule has 0 saturated heterocycles. The molecule has 0 amide bonds. The number of aromatic nitrogens is 1. The Morgan fingerprint density at radius 1 is 1.35 bits per heavy atom. The second-order valence-electron chi connectivity index (χ2n) is 3.78. The first-order chi connectivity index (χ1) is 8.20. The molecule has 2 aromatic rings. The third kappa shape index (κ3) is 2.62. The molecule has 2 N–H and O–H groups in total. The molecule has 0 aliphatic heterocycles. The van der Waals surface area contributed by atoms with E-state index in [4.69, 9.17) is 14.6 Å². The fraction of sp³-hybridized carbons (Fsp3) is 0.333. The van der Waals surface area contributed by atoms with E-state index >= 15 is 0 Å². The lowest BCUT2D eigenvalue weighted by atomic mass is 10.2. The summed E-state index contributed by atoms with van der Waals surface area (Å²) in [6.07, 6.45) is 2.16. The number of fused-ring (bicyclic) bond motifs is 1. The quantitative estimate of drug-likeness (QED) is 0.772. The largest absolute Gasteiger partial charge is 0.478 e. The topological polar surface area (TPSA) is 83.6 Å². The van der Waals surface area contributed by atoms with Crippen LogP contribution in [0.15, 0.2) is 22.6 Å². The van der Waals surface area contributed by atoms with Gasteiger partial charge in [0, 0.05) is 13.0 Å². The van der Waals surface area contributed by atoms with Crippen LogP contribution in [-0.2, 0) is 6.42 Å². The number of aliphatic hydroxyl groups excluding tert-OH is 1. The maximum atomic E-state index is 10.8. The number of nitrogens with zero attached hydrogens (tertiary/aromatic N) is 1. The monoisotopic (exact) mass is 235 g/mol. The van der Waals surface area contributed by atoms with Gasteiger partial charge in [-0.05, 0) is 31.0 Å². The molecule has 0 spiro atoms. The Bertz CT molecular complexity index is 532. The maximum Gasteiger partial charge on any atom is 0.335 e. The highest BCUT2D eigenvalue weighted by molar-refractivity contribution is 5.91. The smallest absolute Gasteiger partial charge is 0.335 e. The molecule has 0 aliphatic carbocycles. The highest BCUT2D eigenvalue weighted by Crippen LogP contribution is 2.18. The predicted octanol–water partition coefficient (Wildman–Crippen LogP) is 1.84. The van der Waals surface area contributed by atoms with Gasteiger partial charge in [-0.15, -0.1) is 0 Å². The van der Waals surface area contributed by atoms with Crippen molar-refractivity contribution in [2.24, 2.45) is 0 Å². The zero-order chi connectivity index (χ0) is 12.3. The van der Waals surface area contributed by atoms with Crippen molar-refractivity contribution in [2.75, 3.05) is 6.61 Å². The van der Waals surface area contributed by atoms with E-state index in [0.29, 0.717) is 29.8 Å². The van der Waals surface area contributed by atoms with Gasteiger partial charge in [0.2, 0.25) is 0 Å². The van der Waals surface area contributed by atoms with Crippen LogP contribution in [0.5, 0.6) is 0 Å². The lowest BCUT2D eigenvalue weighted by Gasteiger charge is -1.92. The van der Waals surface area contributed by atoms with E-state index in [1.807, 2.05) is 0 Å². The van der Waals surface area contributed by atoms with Gasteiger partial charge in [0.15, 0.2) is 11.5 Å². The minimum atomic E-state index is -0.975. The summed E-state index contributed by atoms with van der Waals surface area (Å²) in [5, 5.41) is 17.5. The number of aromatic carboxylic acids is 1. The van der Waals surface area contributed by atoms with Gasteiger partial charge in [-0.1, -0.05) is 0 Å². The molecule has 1 aromatic heterocycles. The number of aliphatic hydroxyl groups is 1. The Morgan fingerprint density at radius 3 is 2.88 bits per heavy atom. The Hall–Kier alpha value is -1.88. The van der Waals surface area contributed by atoms with E-state index in [2.05, 4.69) is 4.98 Å². The van der Waals surface area contributed by atoms with Gasteiger partial charge < -0.3 is 14.6 Å². The van der Waals surface area contributed by atoms with Crippen LogP contribution < -0.4 is 0 Å². The van der Waals surface area contributed by atoms with E-state index in [9.17, 15) is 4.79 Å². The molecule has 0 atom stereocenters. The van der Waals surface area contributed by atoms with Crippen molar-refractivity contribution in [1.82, 2.24) is 4.98 Å². The van der Waals surface area contributed by atoms with Crippen molar-refractivity contribution >= 4 is 17.1 Å². The van der Waals surface area contributed by atoms with Gasteiger partial charge in [0.25, 0.3) is 0 Å². The molecule has 0 radical (unpaired) electrons. The Morgan fingerprint density at radius 2 is 2.18 bits per heavy atom. The first-order valence-corrected chi connectivity index (χ1v) is 5.44. The fourth-order valence-electron chi connectivity index (χ4n) is 1.60. The molecule has 0 fully saturated rings. The lowest BCUT2D eigenvalue weighted by molar-refractivity contribution is 0.0697. The highest BCUT2D eigenvalue weighted by Gasteiger charge is 2.09. The molecule has 1 heterocycles. The van der Waals surface area contributed by atoms with E-state index < -0.39 is 5.97 Å². The summed E-state index contributed by atoms with van der Waals surface area (Å²) in [4.78, 5) is 15.0. The Labute approximate surface area is 97.7 Å². The summed E-state index contributed by atoms with van der Waals surface area (Å²) < 4.78 is 5.46. The van der Waals surface area contributed by atoms with Gasteiger partial charge in [-0.3, -0.25) is 0 Å². The van der Waals surface area contributed by atoms with Gasteiger partial charge in [0.05, 0.1) is 5.56 Å². The van der Waals surface area contributed by atoms with Crippen LogP contribution in [0.25, 0.3) is 11.1 Å². The standard InChI is InChI=1S/C12H13NO4/c14-6-2-1-3-11-13-9-7-8(12(15)16)4-5-10(9)17-11/h4-5,7,14H,1-3,6H2,(H,15,16). The number of benzene rings is 1. The summed E-state index contributed by atoms with van der Waals surface area (Å²) >= 11 is 0. The molecular weight excluding hydrogens is 222 g/mol. The average molecular weight is 235 g/mol. The maximum absolute atomic E-state index is 10.8. The van der Waals surface area contributed by atoms with Crippen molar-refractivity contribution in [3.63, 3.8) is 0 Å². The molecule has 0 aliphatic rings. The third-order valence-electron chi connectivity index (χ3n) is 2.48. The minimum absolute atomic E-state index is 0.156. The van der Waals surface area contributed by atoms with Crippen molar-refractivity contribution in [3.8, 4) is 0 Å². The number of hydrogen-bond acceptors (Lipinski definition) is 4. The van der Waals surface area contributed by atoms with Crippen molar-refractivity contribution in [1.29, 1.82) is 0 Å². The Balaban J connectivity index is 2.21. The zero-order valence-electron chi connectivity index (χ0n) is 9.22. The predicted molar refractivity (Wildman–Crippen MR) is 61.0 cm³/mol. The number of carbonyl (C=O) groups is 1. The third-order valence-corrected chi connectivity index (χ3v) is 2.48. The molecule has 5 nitrogen and oxygen atoms in total. The average Bonchev–Trinajstić information content (AvgIpc) is 2.70. The summed E-state index contributed by atoms with van der Waals surface area (Å²) in [6.45, 7) is 0.156. The molecule has 90 valence electrons. The first kappa shape index (κ1) is 11.6. The van der Waals surface area contributed by atoms with Crippen LogP contribution in [-0.4, -0.2) is 27.8 Å². The zero-order valence-corrected chi connectivity index (χ0v) is 9.22. The molecule has 5 heteroatoms. The summed E-state index contributed by atoms with van der Waals surface area (Å²) in [7, 11) is 0. The number of hydrogen-bond donors (Lipinski definition) is 2. The van der Waals surface area contributed by atoms with Crippen LogP contribution in [0.3, 0.4) is 0 Å². The summed E-state index contributed by atoms with van der Waals surface area (Å²) in [6, 6.07) is 4.60. The van der Waals surface area contributed by atoms with Gasteiger partial charge in [-0.2, -0.15) is 0 Å². The van der Waals surface area contributed by atoms with E-state index in [-0.39, 0.29) is 12.2 Å². The van der Waals surface area contributed by atoms with Crippen LogP contribution >= 0.6 is 0 Å². The van der Waals surface area contributed by atoms with Crippen LogP contribution in [0.1, 0.15) is 29.1 Å². The second kappa shape index (κ2) is 4.97. The first-order valence-electron chi connectivity index (χ1n) is 5.44. The number of aryl methyl sites for hydroxylation is 1. The van der Waals surface area contributed by atoms with Crippen molar-refractivity contribution in [2.45, 2.75) is 19.3 Å². The number of carboxylic acids is 1. The van der Waals surface area contributed by atoms with Gasteiger partial charge in [-0.25, -0.2) is 9.78 Å². The molecule has 1 aromatic carbocycles. The SMILES string of the molecule is O=C(O)c1ccc2oc(CCCCO)nc2c1. The molecular formula is C12H13NO4. The second-order valence-corrected chi connectivity index (χ2v) is 3.78. The van der Waals surface area contributed by atoms with Crippen molar-refractivity contribution < 1.29 is 19.4 Å². The normalized spacial score (nSPS) is 10.9. The minimum Gasteiger partial charge on any atom is -0.478 e. The molecule has 0 unspecified atom stereocenters. The van der Waals surface area contributed by atoms with E-state index in [0.717, 1.165) is 6.42 Å². The van der Waals surface area contributed by atoms with Gasteiger partial charge >= 0.3 is 5.97 Å². The number of rotatable bonds is 5. The number of oxazole rings is 1. The highest BCUT2D eigenvalue weighted by atomic mass is 16.4. The van der Waals surface area contributed by atoms with Crippen LogP contribution in [0.2, 0.25) is 0 Å².